The number of aromatic nitrogens is 1. The van der Waals surface area contributed by atoms with Crippen molar-refractivity contribution in [3.8, 4) is 0 Å². The Kier molecular flexibility index (Phi) is 5.19. The van der Waals surface area contributed by atoms with Crippen molar-refractivity contribution in [3.63, 3.8) is 0 Å². The van der Waals surface area contributed by atoms with Crippen molar-refractivity contribution in [1.82, 2.24) is 9.47 Å². The van der Waals surface area contributed by atoms with E-state index in [4.69, 9.17) is 0 Å². The van der Waals surface area contributed by atoms with E-state index < -0.39 is 0 Å². The predicted octanol–water partition coefficient (Wildman–Crippen LogP) is 2.80. The zero-order valence-electron chi connectivity index (χ0n) is 11.6. The summed E-state index contributed by atoms with van der Waals surface area (Å²) in [5.74, 6) is 0. The summed E-state index contributed by atoms with van der Waals surface area (Å²) in [5.41, 5.74) is 1.32. The molecule has 0 aliphatic heterocycles. The van der Waals surface area contributed by atoms with E-state index in [1.165, 1.54) is 10.6 Å². The maximum atomic E-state index is 9.32. The Bertz CT molecular complexity index is 476. The van der Waals surface area contributed by atoms with Gasteiger partial charge in [-0.3, -0.25) is 0 Å². The molecule has 104 valence electrons. The number of rotatable bonds is 7. The van der Waals surface area contributed by atoms with Crippen LogP contribution in [0, 0.1) is 0 Å². The van der Waals surface area contributed by atoms with Gasteiger partial charge in [0.05, 0.1) is 12.6 Å². The molecular weight excluding hydrogens is 256 g/mol. The number of nitrogens with zero attached hydrogens (tertiary/aromatic N) is 2. The average Bonchev–Trinajstić information content (AvgIpc) is 3.00. The first-order chi connectivity index (χ1) is 9.15. The molecule has 0 aliphatic carbocycles. The van der Waals surface area contributed by atoms with Gasteiger partial charge in [-0.2, -0.15) is 0 Å². The van der Waals surface area contributed by atoms with E-state index in [-0.39, 0.29) is 6.10 Å². The molecular formula is C15H22N2OS. The highest BCUT2D eigenvalue weighted by atomic mass is 32.1. The lowest BCUT2D eigenvalue weighted by Crippen LogP contribution is -2.23. The molecule has 19 heavy (non-hydrogen) atoms. The maximum absolute atomic E-state index is 9.32. The molecule has 2 aromatic heterocycles. The van der Waals surface area contributed by atoms with Gasteiger partial charge in [0.15, 0.2) is 0 Å². The first kappa shape index (κ1) is 14.3. The lowest BCUT2D eigenvalue weighted by molar-refractivity contribution is 0.162. The number of aliphatic hydroxyl groups excluding tert-OH is 1. The van der Waals surface area contributed by atoms with E-state index in [2.05, 4.69) is 52.4 Å². The van der Waals surface area contributed by atoms with E-state index in [1.807, 2.05) is 6.92 Å². The van der Waals surface area contributed by atoms with Gasteiger partial charge in [-0.1, -0.05) is 6.07 Å². The van der Waals surface area contributed by atoms with Crippen LogP contribution in [-0.2, 0) is 13.1 Å². The standard InChI is InChI=1S/C15H22N2OS/c1-13(18)7-9-16(2)11-14-5-3-8-17(14)12-15-6-4-10-19-15/h3-6,8,10,13,18H,7,9,11-12H2,1-2H3. The Balaban J connectivity index is 1.92. The van der Waals surface area contributed by atoms with Crippen molar-refractivity contribution < 1.29 is 5.11 Å². The molecule has 1 unspecified atom stereocenters. The van der Waals surface area contributed by atoms with Crippen LogP contribution in [0.4, 0.5) is 0 Å². The van der Waals surface area contributed by atoms with Crippen LogP contribution in [-0.4, -0.2) is 34.3 Å². The van der Waals surface area contributed by atoms with E-state index in [1.54, 1.807) is 11.3 Å². The van der Waals surface area contributed by atoms with Crippen LogP contribution in [0.15, 0.2) is 35.8 Å². The quantitative estimate of drug-likeness (QED) is 0.843. The van der Waals surface area contributed by atoms with Gasteiger partial charge in [-0.05, 0) is 44.0 Å². The second-order valence-electron chi connectivity index (χ2n) is 5.08. The van der Waals surface area contributed by atoms with Crippen LogP contribution >= 0.6 is 11.3 Å². The van der Waals surface area contributed by atoms with Crippen molar-refractivity contribution in [2.24, 2.45) is 0 Å². The van der Waals surface area contributed by atoms with Crippen molar-refractivity contribution >= 4 is 11.3 Å². The lowest BCUT2D eigenvalue weighted by Gasteiger charge is -2.18. The molecule has 4 heteroatoms. The van der Waals surface area contributed by atoms with E-state index >= 15 is 0 Å². The zero-order chi connectivity index (χ0) is 13.7. The SMILES string of the molecule is CC(O)CCN(C)Cc1cccn1Cc1cccs1. The molecule has 0 fully saturated rings. The Morgan fingerprint density at radius 1 is 1.37 bits per heavy atom. The summed E-state index contributed by atoms with van der Waals surface area (Å²) in [6.07, 6.45) is 2.74. The molecule has 2 aromatic rings. The molecule has 3 nitrogen and oxygen atoms in total. The predicted molar refractivity (Wildman–Crippen MR) is 80.5 cm³/mol. The molecule has 0 saturated heterocycles. The minimum Gasteiger partial charge on any atom is -0.393 e. The lowest BCUT2D eigenvalue weighted by atomic mass is 10.2. The largest absolute Gasteiger partial charge is 0.393 e. The summed E-state index contributed by atoms with van der Waals surface area (Å²) in [7, 11) is 2.10. The normalized spacial score (nSPS) is 13.1. The van der Waals surface area contributed by atoms with Crippen LogP contribution in [0.2, 0.25) is 0 Å². The van der Waals surface area contributed by atoms with E-state index in [0.29, 0.717) is 0 Å². The summed E-state index contributed by atoms with van der Waals surface area (Å²) in [6, 6.07) is 8.54. The molecule has 0 aliphatic rings. The zero-order valence-corrected chi connectivity index (χ0v) is 12.4. The van der Waals surface area contributed by atoms with E-state index in [0.717, 1.165) is 26.1 Å². The fourth-order valence-corrected chi connectivity index (χ4v) is 2.78. The number of hydrogen-bond donors (Lipinski definition) is 1. The van der Waals surface area contributed by atoms with Crippen molar-refractivity contribution in [2.45, 2.75) is 32.5 Å². The van der Waals surface area contributed by atoms with Gasteiger partial charge >= 0.3 is 0 Å². The van der Waals surface area contributed by atoms with Gasteiger partial charge in [0.1, 0.15) is 0 Å². The third-order valence-electron chi connectivity index (χ3n) is 3.19. The minimum absolute atomic E-state index is 0.222. The third-order valence-corrected chi connectivity index (χ3v) is 4.05. The fourth-order valence-electron chi connectivity index (χ4n) is 2.08. The molecule has 0 spiro atoms. The third kappa shape index (κ3) is 4.49. The Hall–Kier alpha value is -1.10. The molecule has 0 aromatic carbocycles. The van der Waals surface area contributed by atoms with Crippen molar-refractivity contribution in [2.75, 3.05) is 13.6 Å². The first-order valence-electron chi connectivity index (χ1n) is 6.68. The van der Waals surface area contributed by atoms with Gasteiger partial charge in [0.25, 0.3) is 0 Å². The minimum atomic E-state index is -0.222. The summed E-state index contributed by atoms with van der Waals surface area (Å²) < 4.78 is 2.30. The number of aliphatic hydroxyl groups is 1. The van der Waals surface area contributed by atoms with Gasteiger partial charge in [0.2, 0.25) is 0 Å². The number of thiophene rings is 1. The van der Waals surface area contributed by atoms with Crippen LogP contribution in [0.3, 0.4) is 0 Å². The molecule has 2 heterocycles. The Morgan fingerprint density at radius 2 is 2.21 bits per heavy atom. The summed E-state index contributed by atoms with van der Waals surface area (Å²) in [4.78, 5) is 3.64. The van der Waals surface area contributed by atoms with Gasteiger partial charge in [-0.25, -0.2) is 0 Å². The summed E-state index contributed by atoms with van der Waals surface area (Å²) in [5, 5.41) is 11.4. The highest BCUT2D eigenvalue weighted by Gasteiger charge is 2.07. The molecule has 1 N–H and O–H groups in total. The van der Waals surface area contributed by atoms with E-state index in [9.17, 15) is 5.11 Å². The van der Waals surface area contributed by atoms with Crippen LogP contribution < -0.4 is 0 Å². The second kappa shape index (κ2) is 6.89. The Morgan fingerprint density at radius 3 is 2.89 bits per heavy atom. The molecule has 2 rings (SSSR count). The number of hydrogen-bond acceptors (Lipinski definition) is 3. The molecule has 0 amide bonds. The summed E-state index contributed by atoms with van der Waals surface area (Å²) in [6.45, 7) is 4.63. The Labute approximate surface area is 119 Å². The van der Waals surface area contributed by atoms with Gasteiger partial charge in [-0.15, -0.1) is 11.3 Å². The topological polar surface area (TPSA) is 28.4 Å². The smallest absolute Gasteiger partial charge is 0.0566 e. The highest BCUT2D eigenvalue weighted by Crippen LogP contribution is 2.14. The van der Waals surface area contributed by atoms with Gasteiger partial charge in [0, 0.05) is 29.9 Å². The average molecular weight is 278 g/mol. The second-order valence-corrected chi connectivity index (χ2v) is 6.11. The highest BCUT2D eigenvalue weighted by molar-refractivity contribution is 7.09. The first-order valence-corrected chi connectivity index (χ1v) is 7.56. The van der Waals surface area contributed by atoms with Crippen LogP contribution in [0.25, 0.3) is 0 Å². The van der Waals surface area contributed by atoms with Crippen molar-refractivity contribution in [3.05, 3.63) is 46.4 Å². The molecule has 1 atom stereocenters. The van der Waals surface area contributed by atoms with Crippen molar-refractivity contribution in [1.29, 1.82) is 0 Å². The maximum Gasteiger partial charge on any atom is 0.0566 e. The monoisotopic (exact) mass is 278 g/mol. The van der Waals surface area contributed by atoms with Crippen LogP contribution in [0.5, 0.6) is 0 Å². The fraction of sp³-hybridized carbons (Fsp3) is 0.467. The molecule has 0 bridgehead atoms. The van der Waals surface area contributed by atoms with Crippen LogP contribution in [0.1, 0.15) is 23.9 Å². The van der Waals surface area contributed by atoms with Gasteiger partial charge < -0.3 is 14.6 Å². The molecule has 0 radical (unpaired) electrons. The summed E-state index contributed by atoms with van der Waals surface area (Å²) >= 11 is 1.80. The molecule has 0 saturated carbocycles.